The maximum atomic E-state index is 12.2. The van der Waals surface area contributed by atoms with E-state index in [9.17, 15) is 18.0 Å². The first-order chi connectivity index (χ1) is 7.87. The van der Waals surface area contributed by atoms with E-state index in [1.54, 1.807) is 6.92 Å². The highest BCUT2D eigenvalue weighted by Gasteiger charge is 2.29. The fraction of sp³-hybridized carbons (Fsp3) is 0.417. The summed E-state index contributed by atoms with van der Waals surface area (Å²) in [7, 11) is 0. The van der Waals surface area contributed by atoms with E-state index in [2.05, 4.69) is 0 Å². The van der Waals surface area contributed by atoms with E-state index in [1.165, 1.54) is 18.2 Å². The van der Waals surface area contributed by atoms with Gasteiger partial charge in [-0.25, -0.2) is 0 Å². The molecule has 0 spiro atoms. The SMILES string of the molecule is CCC(=O)c1ccc(SC(F)(F)F)cc1CC. The summed E-state index contributed by atoms with van der Waals surface area (Å²) in [5.74, 6) is -0.0367. The Morgan fingerprint density at radius 1 is 1.29 bits per heavy atom. The molecule has 1 aromatic rings. The van der Waals surface area contributed by atoms with Crippen LogP contribution in [-0.4, -0.2) is 11.3 Å². The van der Waals surface area contributed by atoms with Crippen LogP contribution in [0.15, 0.2) is 23.1 Å². The van der Waals surface area contributed by atoms with Gasteiger partial charge in [-0.15, -0.1) is 0 Å². The van der Waals surface area contributed by atoms with Gasteiger partial charge in [0.05, 0.1) is 0 Å². The van der Waals surface area contributed by atoms with Gasteiger partial charge in [0.25, 0.3) is 0 Å². The van der Waals surface area contributed by atoms with Crippen LogP contribution in [0.25, 0.3) is 0 Å². The van der Waals surface area contributed by atoms with Crippen LogP contribution in [0.3, 0.4) is 0 Å². The maximum absolute atomic E-state index is 12.2. The predicted octanol–water partition coefficient (Wildman–Crippen LogP) is 4.45. The van der Waals surface area contributed by atoms with Gasteiger partial charge in [0.15, 0.2) is 5.78 Å². The lowest BCUT2D eigenvalue weighted by Crippen LogP contribution is -2.03. The summed E-state index contributed by atoms with van der Waals surface area (Å²) in [6, 6.07) is 4.28. The van der Waals surface area contributed by atoms with Crippen LogP contribution in [0, 0.1) is 0 Å². The van der Waals surface area contributed by atoms with Gasteiger partial charge in [-0.1, -0.05) is 19.9 Å². The van der Waals surface area contributed by atoms with Crippen LogP contribution in [0.1, 0.15) is 36.2 Å². The number of ketones is 1. The van der Waals surface area contributed by atoms with Gasteiger partial charge in [-0.3, -0.25) is 4.79 Å². The first-order valence-electron chi connectivity index (χ1n) is 5.29. The summed E-state index contributed by atoms with van der Waals surface area (Å²) < 4.78 is 36.6. The molecule has 0 unspecified atom stereocenters. The Kier molecular flexibility index (Phi) is 4.62. The lowest BCUT2D eigenvalue weighted by Gasteiger charge is -2.10. The number of benzene rings is 1. The van der Waals surface area contributed by atoms with Gasteiger partial charge >= 0.3 is 5.51 Å². The first kappa shape index (κ1) is 14.1. The topological polar surface area (TPSA) is 17.1 Å². The quantitative estimate of drug-likeness (QED) is 0.589. The highest BCUT2D eigenvalue weighted by atomic mass is 32.2. The molecule has 0 bridgehead atoms. The number of thioether (sulfide) groups is 1. The number of aryl methyl sites for hydroxylation is 1. The van der Waals surface area contributed by atoms with Crippen LogP contribution in [-0.2, 0) is 6.42 Å². The Balaban J connectivity index is 3.04. The molecule has 0 amide bonds. The number of halogens is 3. The monoisotopic (exact) mass is 262 g/mol. The molecular formula is C12H13F3OS. The molecule has 0 heterocycles. The molecule has 0 atom stereocenters. The third-order valence-corrected chi connectivity index (χ3v) is 3.03. The minimum Gasteiger partial charge on any atom is -0.294 e. The van der Waals surface area contributed by atoms with E-state index in [0.717, 1.165) is 0 Å². The van der Waals surface area contributed by atoms with Crippen molar-refractivity contribution >= 4 is 17.5 Å². The molecule has 94 valence electrons. The first-order valence-corrected chi connectivity index (χ1v) is 6.11. The zero-order valence-corrected chi connectivity index (χ0v) is 10.4. The van der Waals surface area contributed by atoms with E-state index in [4.69, 9.17) is 0 Å². The maximum Gasteiger partial charge on any atom is 0.446 e. The van der Waals surface area contributed by atoms with Crippen molar-refractivity contribution in [2.24, 2.45) is 0 Å². The number of hydrogen-bond donors (Lipinski definition) is 0. The number of rotatable bonds is 4. The van der Waals surface area contributed by atoms with Crippen molar-refractivity contribution < 1.29 is 18.0 Å². The summed E-state index contributed by atoms with van der Waals surface area (Å²) in [6.07, 6.45) is 0.909. The van der Waals surface area contributed by atoms with Gasteiger partial charge in [0, 0.05) is 16.9 Å². The molecule has 5 heteroatoms. The highest BCUT2D eigenvalue weighted by Crippen LogP contribution is 2.37. The Morgan fingerprint density at radius 3 is 2.41 bits per heavy atom. The van der Waals surface area contributed by atoms with Crippen molar-refractivity contribution in [1.82, 2.24) is 0 Å². The summed E-state index contributed by atoms with van der Waals surface area (Å²) >= 11 is -0.153. The number of hydrogen-bond acceptors (Lipinski definition) is 2. The average molecular weight is 262 g/mol. The van der Waals surface area contributed by atoms with Crippen molar-refractivity contribution in [1.29, 1.82) is 0 Å². The van der Waals surface area contributed by atoms with E-state index < -0.39 is 5.51 Å². The summed E-state index contributed by atoms with van der Waals surface area (Å²) in [4.78, 5) is 11.7. The molecular weight excluding hydrogens is 249 g/mol. The molecule has 0 aliphatic heterocycles. The largest absolute Gasteiger partial charge is 0.446 e. The molecule has 0 saturated heterocycles. The van der Waals surface area contributed by atoms with Crippen molar-refractivity contribution in [3.05, 3.63) is 29.3 Å². The molecule has 1 aromatic carbocycles. The van der Waals surface area contributed by atoms with Crippen molar-refractivity contribution in [2.75, 3.05) is 0 Å². The fourth-order valence-electron chi connectivity index (χ4n) is 1.52. The van der Waals surface area contributed by atoms with E-state index in [-0.39, 0.29) is 22.4 Å². The van der Waals surface area contributed by atoms with Gasteiger partial charge < -0.3 is 0 Å². The van der Waals surface area contributed by atoms with E-state index >= 15 is 0 Å². The van der Waals surface area contributed by atoms with Gasteiger partial charge in [0.2, 0.25) is 0 Å². The predicted molar refractivity (Wildman–Crippen MR) is 62.4 cm³/mol. The average Bonchev–Trinajstić information content (AvgIpc) is 2.25. The lowest BCUT2D eigenvalue weighted by molar-refractivity contribution is -0.0328. The van der Waals surface area contributed by atoms with Crippen molar-refractivity contribution in [3.63, 3.8) is 0 Å². The van der Waals surface area contributed by atoms with Crippen LogP contribution in [0.4, 0.5) is 13.2 Å². The third kappa shape index (κ3) is 4.07. The Bertz CT molecular complexity index is 413. The van der Waals surface area contributed by atoms with Gasteiger partial charge in [-0.2, -0.15) is 13.2 Å². The van der Waals surface area contributed by atoms with Crippen molar-refractivity contribution in [3.8, 4) is 0 Å². The van der Waals surface area contributed by atoms with Crippen LogP contribution in [0.5, 0.6) is 0 Å². The Labute approximate surface area is 102 Å². The summed E-state index contributed by atoms with van der Waals surface area (Å²) in [6.45, 7) is 3.56. The number of carbonyl (C=O) groups excluding carboxylic acids is 1. The molecule has 1 nitrogen and oxygen atoms in total. The van der Waals surface area contributed by atoms with Crippen molar-refractivity contribution in [2.45, 2.75) is 37.1 Å². The van der Waals surface area contributed by atoms with Crippen LogP contribution < -0.4 is 0 Å². The van der Waals surface area contributed by atoms with E-state index in [1.807, 2.05) is 6.92 Å². The Hall–Kier alpha value is -0.970. The van der Waals surface area contributed by atoms with Gasteiger partial charge in [0.1, 0.15) is 0 Å². The Morgan fingerprint density at radius 2 is 1.94 bits per heavy atom. The number of carbonyl (C=O) groups is 1. The minimum absolute atomic E-state index is 0.0367. The summed E-state index contributed by atoms with van der Waals surface area (Å²) in [5.41, 5.74) is -3.09. The van der Waals surface area contributed by atoms with Crippen LogP contribution in [0.2, 0.25) is 0 Å². The smallest absolute Gasteiger partial charge is 0.294 e. The van der Waals surface area contributed by atoms with Crippen LogP contribution >= 0.6 is 11.8 Å². The zero-order chi connectivity index (χ0) is 13.1. The second-order valence-corrected chi connectivity index (χ2v) is 4.64. The second kappa shape index (κ2) is 5.58. The van der Waals surface area contributed by atoms with Gasteiger partial charge in [-0.05, 0) is 35.9 Å². The normalized spacial score (nSPS) is 11.6. The zero-order valence-electron chi connectivity index (χ0n) is 9.60. The molecule has 17 heavy (non-hydrogen) atoms. The molecule has 0 fully saturated rings. The van der Waals surface area contributed by atoms with E-state index in [0.29, 0.717) is 24.0 Å². The fourth-order valence-corrected chi connectivity index (χ4v) is 2.13. The number of Topliss-reactive ketones (excluding diaryl/α,β-unsaturated/α-hetero) is 1. The summed E-state index contributed by atoms with van der Waals surface area (Å²) in [5, 5.41) is 0. The third-order valence-electron chi connectivity index (χ3n) is 2.31. The lowest BCUT2D eigenvalue weighted by atomic mass is 10.0. The molecule has 0 aliphatic rings. The molecule has 0 N–H and O–H groups in total. The number of alkyl halides is 3. The molecule has 0 radical (unpaired) electrons. The highest BCUT2D eigenvalue weighted by molar-refractivity contribution is 8.00. The molecule has 0 saturated carbocycles. The molecule has 0 aliphatic carbocycles. The second-order valence-electron chi connectivity index (χ2n) is 3.50. The standard InChI is InChI=1S/C12H13F3OS/c1-3-8-7-9(17-12(13,14)15)5-6-10(8)11(16)4-2/h5-7H,3-4H2,1-2H3. The minimum atomic E-state index is -4.29. The molecule has 1 rings (SSSR count). The molecule has 0 aromatic heterocycles.